The second-order valence-electron chi connectivity index (χ2n) is 4.81. The van der Waals surface area contributed by atoms with Gasteiger partial charge in [-0.2, -0.15) is 0 Å². The molecule has 0 amide bonds. The highest BCUT2D eigenvalue weighted by Crippen LogP contribution is 2.22. The van der Waals surface area contributed by atoms with Gasteiger partial charge in [0, 0.05) is 21.7 Å². The van der Waals surface area contributed by atoms with Gasteiger partial charge in [0.15, 0.2) is 6.10 Å². The maximum atomic E-state index is 12.1. The van der Waals surface area contributed by atoms with E-state index in [9.17, 15) is 9.59 Å². The summed E-state index contributed by atoms with van der Waals surface area (Å²) in [7, 11) is 0. The van der Waals surface area contributed by atoms with Crippen molar-refractivity contribution >= 4 is 41.0 Å². The predicted octanol–water partition coefficient (Wildman–Crippen LogP) is 4.82. The summed E-state index contributed by atoms with van der Waals surface area (Å²) in [5.41, 5.74) is 1.13. The van der Waals surface area contributed by atoms with Crippen LogP contribution in [0.1, 0.15) is 22.8 Å². The minimum Gasteiger partial charge on any atom is -0.451 e. The van der Waals surface area contributed by atoms with Gasteiger partial charge in [-0.25, -0.2) is 4.79 Å². The zero-order valence-electron chi connectivity index (χ0n) is 12.3. The Kier molecular flexibility index (Phi) is 5.97. The van der Waals surface area contributed by atoms with Crippen LogP contribution in [0.25, 0.3) is 6.08 Å². The molecule has 0 unspecified atom stereocenters. The molecule has 0 aromatic heterocycles. The lowest BCUT2D eigenvalue weighted by Crippen LogP contribution is -2.23. The number of carbonyl (C=O) groups excluding carboxylic acids is 2. The van der Waals surface area contributed by atoms with Crippen molar-refractivity contribution in [2.45, 2.75) is 13.0 Å². The molecule has 0 bridgehead atoms. The van der Waals surface area contributed by atoms with Crippen LogP contribution in [-0.2, 0) is 9.53 Å². The summed E-state index contributed by atoms with van der Waals surface area (Å²) >= 11 is 11.8. The van der Waals surface area contributed by atoms with E-state index < -0.39 is 12.1 Å². The molecule has 0 fully saturated rings. The summed E-state index contributed by atoms with van der Waals surface area (Å²) < 4.78 is 5.11. The van der Waals surface area contributed by atoms with E-state index >= 15 is 0 Å². The SMILES string of the molecule is C[C@@H](OC(=O)/C=C/c1ccc(Cl)cc1Cl)C(=O)c1ccccc1. The lowest BCUT2D eigenvalue weighted by Gasteiger charge is -2.10. The first-order chi connectivity index (χ1) is 11.0. The highest BCUT2D eigenvalue weighted by molar-refractivity contribution is 6.35. The van der Waals surface area contributed by atoms with Crippen molar-refractivity contribution in [1.29, 1.82) is 0 Å². The number of hydrogen-bond acceptors (Lipinski definition) is 3. The van der Waals surface area contributed by atoms with E-state index in [1.165, 1.54) is 19.1 Å². The molecule has 0 aliphatic heterocycles. The third-order valence-corrected chi connectivity index (χ3v) is 3.64. The van der Waals surface area contributed by atoms with Crippen LogP contribution in [0, 0.1) is 0 Å². The second-order valence-corrected chi connectivity index (χ2v) is 5.65. The van der Waals surface area contributed by atoms with Crippen LogP contribution in [-0.4, -0.2) is 17.9 Å². The van der Waals surface area contributed by atoms with Crippen LogP contribution >= 0.6 is 23.2 Å². The molecular formula is C18H14Cl2O3. The number of carbonyl (C=O) groups is 2. The van der Waals surface area contributed by atoms with Crippen molar-refractivity contribution in [1.82, 2.24) is 0 Å². The summed E-state index contributed by atoms with van der Waals surface area (Å²) in [5.74, 6) is -0.871. The minimum atomic E-state index is -0.866. The molecule has 2 aromatic carbocycles. The number of rotatable bonds is 5. The Morgan fingerprint density at radius 1 is 1.09 bits per heavy atom. The largest absolute Gasteiger partial charge is 0.451 e. The fourth-order valence-electron chi connectivity index (χ4n) is 1.90. The number of benzene rings is 2. The first kappa shape index (κ1) is 17.3. The Bertz CT molecular complexity index is 739. The average molecular weight is 349 g/mol. The number of Topliss-reactive ketones (excluding diaryl/α,β-unsaturated/α-hetero) is 1. The van der Waals surface area contributed by atoms with Gasteiger partial charge in [-0.1, -0.05) is 59.6 Å². The van der Waals surface area contributed by atoms with Gasteiger partial charge in [0.1, 0.15) is 0 Å². The first-order valence-corrected chi connectivity index (χ1v) is 7.66. The molecule has 0 radical (unpaired) electrons. The van der Waals surface area contributed by atoms with E-state index in [1.807, 2.05) is 6.07 Å². The molecule has 0 N–H and O–H groups in total. The van der Waals surface area contributed by atoms with Gasteiger partial charge >= 0.3 is 5.97 Å². The Hall–Kier alpha value is -2.10. The zero-order valence-corrected chi connectivity index (χ0v) is 13.8. The van der Waals surface area contributed by atoms with Crippen LogP contribution in [0.3, 0.4) is 0 Å². The first-order valence-electron chi connectivity index (χ1n) is 6.90. The number of esters is 1. The maximum absolute atomic E-state index is 12.1. The molecule has 2 aromatic rings. The predicted molar refractivity (Wildman–Crippen MR) is 91.8 cm³/mol. The Morgan fingerprint density at radius 3 is 2.43 bits per heavy atom. The molecule has 5 heteroatoms. The Labute approximate surface area is 144 Å². The summed E-state index contributed by atoms with van der Waals surface area (Å²) in [6.45, 7) is 1.54. The number of ketones is 1. The third kappa shape index (κ3) is 4.95. The summed E-state index contributed by atoms with van der Waals surface area (Å²) in [4.78, 5) is 23.9. The van der Waals surface area contributed by atoms with E-state index in [4.69, 9.17) is 27.9 Å². The normalized spacial score (nSPS) is 12.1. The topological polar surface area (TPSA) is 43.4 Å². The lowest BCUT2D eigenvalue weighted by atomic mass is 10.1. The maximum Gasteiger partial charge on any atom is 0.331 e. The van der Waals surface area contributed by atoms with Gasteiger partial charge in [-0.3, -0.25) is 4.79 Å². The van der Waals surface area contributed by atoms with Gasteiger partial charge in [-0.05, 0) is 30.7 Å². The van der Waals surface area contributed by atoms with E-state index in [-0.39, 0.29) is 5.78 Å². The highest BCUT2D eigenvalue weighted by atomic mass is 35.5. The van der Waals surface area contributed by atoms with Crippen molar-refractivity contribution in [3.63, 3.8) is 0 Å². The molecule has 0 spiro atoms. The molecule has 0 aliphatic carbocycles. The molecule has 0 aliphatic rings. The van der Waals surface area contributed by atoms with Gasteiger partial charge in [0.05, 0.1) is 0 Å². The molecule has 0 saturated carbocycles. The van der Waals surface area contributed by atoms with Crippen molar-refractivity contribution in [2.75, 3.05) is 0 Å². The second kappa shape index (κ2) is 7.95. The number of ether oxygens (including phenoxy) is 1. The van der Waals surface area contributed by atoms with E-state index in [0.29, 0.717) is 21.2 Å². The minimum absolute atomic E-state index is 0.253. The van der Waals surface area contributed by atoms with E-state index in [2.05, 4.69) is 0 Å². The van der Waals surface area contributed by atoms with Crippen molar-refractivity contribution < 1.29 is 14.3 Å². The standard InChI is InChI=1S/C18H14Cl2O3/c1-12(18(22)14-5-3-2-4-6-14)23-17(21)10-8-13-7-9-15(19)11-16(13)20/h2-12H,1H3/b10-8+/t12-/m1/s1. The molecular weight excluding hydrogens is 335 g/mol. The smallest absolute Gasteiger partial charge is 0.331 e. The summed E-state index contributed by atoms with van der Waals surface area (Å²) in [5, 5.41) is 0.937. The molecule has 23 heavy (non-hydrogen) atoms. The van der Waals surface area contributed by atoms with Crippen LogP contribution in [0.15, 0.2) is 54.6 Å². The fraction of sp³-hybridized carbons (Fsp3) is 0.111. The summed E-state index contributed by atoms with van der Waals surface area (Å²) in [6, 6.07) is 13.6. The van der Waals surface area contributed by atoms with Crippen LogP contribution in [0.4, 0.5) is 0 Å². The van der Waals surface area contributed by atoms with Crippen molar-refractivity contribution in [2.24, 2.45) is 0 Å². The molecule has 1 atom stereocenters. The zero-order chi connectivity index (χ0) is 16.8. The molecule has 118 valence electrons. The van der Waals surface area contributed by atoms with E-state index in [1.54, 1.807) is 42.5 Å². The lowest BCUT2D eigenvalue weighted by molar-refractivity contribution is -0.140. The molecule has 0 saturated heterocycles. The number of hydrogen-bond donors (Lipinski definition) is 0. The van der Waals surface area contributed by atoms with Crippen LogP contribution in [0.5, 0.6) is 0 Å². The average Bonchev–Trinajstić information content (AvgIpc) is 2.54. The Morgan fingerprint density at radius 2 is 1.78 bits per heavy atom. The molecule has 3 nitrogen and oxygen atoms in total. The highest BCUT2D eigenvalue weighted by Gasteiger charge is 2.18. The van der Waals surface area contributed by atoms with Gasteiger partial charge < -0.3 is 4.74 Å². The van der Waals surface area contributed by atoms with Gasteiger partial charge in [0.2, 0.25) is 5.78 Å². The van der Waals surface area contributed by atoms with Crippen LogP contribution < -0.4 is 0 Å². The van der Waals surface area contributed by atoms with E-state index in [0.717, 1.165) is 0 Å². The molecule has 0 heterocycles. The quantitative estimate of drug-likeness (QED) is 0.442. The van der Waals surface area contributed by atoms with Gasteiger partial charge in [-0.15, -0.1) is 0 Å². The van der Waals surface area contributed by atoms with Crippen molar-refractivity contribution in [3.05, 3.63) is 75.8 Å². The third-order valence-electron chi connectivity index (χ3n) is 3.08. The fourth-order valence-corrected chi connectivity index (χ4v) is 2.37. The number of halogens is 2. The Balaban J connectivity index is 1.99. The summed E-state index contributed by atoms with van der Waals surface area (Å²) in [6.07, 6.45) is 1.88. The van der Waals surface area contributed by atoms with Gasteiger partial charge in [0.25, 0.3) is 0 Å². The van der Waals surface area contributed by atoms with Crippen LogP contribution in [0.2, 0.25) is 10.0 Å². The monoisotopic (exact) mass is 348 g/mol. The molecule has 2 rings (SSSR count). The van der Waals surface area contributed by atoms with Crippen molar-refractivity contribution in [3.8, 4) is 0 Å².